The molecule has 2 N–H and O–H groups in total. The molecule has 0 aromatic carbocycles. The Labute approximate surface area is 120 Å². The van der Waals surface area contributed by atoms with Crippen molar-refractivity contribution < 1.29 is 9.53 Å². The van der Waals surface area contributed by atoms with Gasteiger partial charge in [-0.3, -0.25) is 4.98 Å². The molecule has 5 nitrogen and oxygen atoms in total. The lowest BCUT2D eigenvalue weighted by Crippen LogP contribution is -2.37. The molecule has 0 aliphatic carbocycles. The number of carbonyl (C=O) groups excluding carboxylic acids is 1. The molecule has 0 bridgehead atoms. The van der Waals surface area contributed by atoms with E-state index in [9.17, 15) is 4.79 Å². The van der Waals surface area contributed by atoms with Crippen molar-refractivity contribution in [2.75, 3.05) is 18.5 Å². The van der Waals surface area contributed by atoms with E-state index in [4.69, 9.17) is 4.74 Å². The number of hydrogen-bond donors (Lipinski definition) is 2. The van der Waals surface area contributed by atoms with Crippen LogP contribution in [0.3, 0.4) is 0 Å². The van der Waals surface area contributed by atoms with Gasteiger partial charge in [-0.1, -0.05) is 13.8 Å². The average Bonchev–Trinajstić information content (AvgIpc) is 2.88. The SMILES string of the molecule is Cc1ccc(NC(=O)NCC2CCOC2C(C)C)cn1. The van der Waals surface area contributed by atoms with Crippen LogP contribution < -0.4 is 10.6 Å². The fourth-order valence-corrected chi connectivity index (χ4v) is 2.55. The third-order valence-corrected chi connectivity index (χ3v) is 3.61. The topological polar surface area (TPSA) is 63.2 Å². The van der Waals surface area contributed by atoms with Crippen LogP contribution in [0.2, 0.25) is 0 Å². The largest absolute Gasteiger partial charge is 0.378 e. The fraction of sp³-hybridized carbons (Fsp3) is 0.600. The van der Waals surface area contributed by atoms with Gasteiger partial charge in [0.25, 0.3) is 0 Å². The zero-order chi connectivity index (χ0) is 14.5. The van der Waals surface area contributed by atoms with Crippen molar-refractivity contribution in [1.29, 1.82) is 0 Å². The molecule has 1 aromatic rings. The Morgan fingerprint density at radius 2 is 2.30 bits per heavy atom. The average molecular weight is 277 g/mol. The van der Waals surface area contributed by atoms with Gasteiger partial charge in [0.2, 0.25) is 0 Å². The predicted molar refractivity (Wildman–Crippen MR) is 78.7 cm³/mol. The lowest BCUT2D eigenvalue weighted by atomic mass is 9.93. The Balaban J connectivity index is 1.79. The Bertz CT molecular complexity index is 445. The zero-order valence-electron chi connectivity index (χ0n) is 12.3. The van der Waals surface area contributed by atoms with Crippen LogP contribution in [0.15, 0.2) is 18.3 Å². The van der Waals surface area contributed by atoms with Crippen molar-refractivity contribution in [3.63, 3.8) is 0 Å². The number of nitrogens with zero attached hydrogens (tertiary/aromatic N) is 1. The van der Waals surface area contributed by atoms with Gasteiger partial charge >= 0.3 is 6.03 Å². The lowest BCUT2D eigenvalue weighted by Gasteiger charge is -2.22. The van der Waals surface area contributed by atoms with Gasteiger partial charge in [0, 0.05) is 24.8 Å². The maximum atomic E-state index is 11.8. The minimum absolute atomic E-state index is 0.190. The van der Waals surface area contributed by atoms with Gasteiger partial charge in [-0.2, -0.15) is 0 Å². The molecule has 0 saturated carbocycles. The third kappa shape index (κ3) is 3.93. The van der Waals surface area contributed by atoms with Gasteiger partial charge in [-0.15, -0.1) is 0 Å². The van der Waals surface area contributed by atoms with Crippen molar-refractivity contribution >= 4 is 11.7 Å². The van der Waals surface area contributed by atoms with Gasteiger partial charge in [-0.25, -0.2) is 4.79 Å². The van der Waals surface area contributed by atoms with Crippen LogP contribution in [0.25, 0.3) is 0 Å². The van der Waals surface area contributed by atoms with Crippen LogP contribution in [-0.2, 0) is 4.74 Å². The van der Waals surface area contributed by atoms with Crippen molar-refractivity contribution in [1.82, 2.24) is 10.3 Å². The summed E-state index contributed by atoms with van der Waals surface area (Å²) in [5.41, 5.74) is 1.63. The summed E-state index contributed by atoms with van der Waals surface area (Å²) in [6, 6.07) is 3.53. The third-order valence-electron chi connectivity index (χ3n) is 3.61. The number of rotatable bonds is 4. The summed E-state index contributed by atoms with van der Waals surface area (Å²) in [5.74, 6) is 0.880. The van der Waals surface area contributed by atoms with Gasteiger partial charge in [0.1, 0.15) is 0 Å². The van der Waals surface area contributed by atoms with E-state index >= 15 is 0 Å². The van der Waals surface area contributed by atoms with E-state index in [1.165, 1.54) is 0 Å². The molecule has 1 saturated heterocycles. The van der Waals surface area contributed by atoms with Gasteiger partial charge in [0.05, 0.1) is 18.0 Å². The molecule has 1 fully saturated rings. The van der Waals surface area contributed by atoms with Crippen LogP contribution in [0.5, 0.6) is 0 Å². The smallest absolute Gasteiger partial charge is 0.319 e. The monoisotopic (exact) mass is 277 g/mol. The highest BCUT2D eigenvalue weighted by molar-refractivity contribution is 5.88. The molecule has 0 radical (unpaired) electrons. The van der Waals surface area contributed by atoms with E-state index in [1.54, 1.807) is 6.20 Å². The number of aryl methyl sites for hydroxylation is 1. The molecule has 0 spiro atoms. The van der Waals surface area contributed by atoms with E-state index in [-0.39, 0.29) is 12.1 Å². The number of nitrogens with one attached hydrogen (secondary N) is 2. The molecule has 1 aliphatic heterocycles. The first-order valence-electron chi connectivity index (χ1n) is 7.15. The van der Waals surface area contributed by atoms with Gasteiger partial charge < -0.3 is 15.4 Å². The number of urea groups is 1. The highest BCUT2D eigenvalue weighted by atomic mass is 16.5. The Kier molecular flexibility index (Phi) is 4.95. The van der Waals surface area contributed by atoms with Gasteiger partial charge in [-0.05, 0) is 31.4 Å². The summed E-state index contributed by atoms with van der Waals surface area (Å²) in [6.07, 6.45) is 2.91. The van der Waals surface area contributed by atoms with E-state index in [0.29, 0.717) is 24.1 Å². The summed E-state index contributed by atoms with van der Waals surface area (Å²) in [7, 11) is 0. The highest BCUT2D eigenvalue weighted by Crippen LogP contribution is 2.26. The maximum absolute atomic E-state index is 11.8. The number of amides is 2. The van der Waals surface area contributed by atoms with Crippen LogP contribution >= 0.6 is 0 Å². The highest BCUT2D eigenvalue weighted by Gasteiger charge is 2.30. The normalized spacial score (nSPS) is 22.0. The van der Waals surface area contributed by atoms with Crippen LogP contribution in [0.1, 0.15) is 26.0 Å². The van der Waals surface area contributed by atoms with Crippen LogP contribution in [-0.4, -0.2) is 30.3 Å². The van der Waals surface area contributed by atoms with E-state index in [1.807, 2.05) is 19.1 Å². The first-order valence-corrected chi connectivity index (χ1v) is 7.15. The van der Waals surface area contributed by atoms with E-state index in [0.717, 1.165) is 18.7 Å². The first kappa shape index (κ1) is 14.8. The number of carbonyl (C=O) groups is 1. The molecule has 2 atom stereocenters. The summed E-state index contributed by atoms with van der Waals surface area (Å²) < 4.78 is 5.71. The Morgan fingerprint density at radius 3 is 2.95 bits per heavy atom. The number of ether oxygens (including phenoxy) is 1. The molecule has 20 heavy (non-hydrogen) atoms. The molecular formula is C15H23N3O2. The molecule has 2 amide bonds. The molecule has 2 rings (SSSR count). The number of hydrogen-bond acceptors (Lipinski definition) is 3. The Morgan fingerprint density at radius 1 is 1.50 bits per heavy atom. The summed E-state index contributed by atoms with van der Waals surface area (Å²) >= 11 is 0. The fourth-order valence-electron chi connectivity index (χ4n) is 2.55. The van der Waals surface area contributed by atoms with Gasteiger partial charge in [0.15, 0.2) is 0 Å². The molecule has 2 heterocycles. The predicted octanol–water partition coefficient (Wildman–Crippen LogP) is 2.57. The summed E-state index contributed by atoms with van der Waals surface area (Å²) in [4.78, 5) is 16.0. The van der Waals surface area contributed by atoms with Crippen molar-refractivity contribution in [2.45, 2.75) is 33.3 Å². The molecule has 110 valence electrons. The zero-order valence-corrected chi connectivity index (χ0v) is 12.3. The quantitative estimate of drug-likeness (QED) is 0.889. The molecule has 1 aliphatic rings. The molecule has 5 heteroatoms. The Hall–Kier alpha value is -1.62. The van der Waals surface area contributed by atoms with E-state index in [2.05, 4.69) is 29.5 Å². The number of aromatic nitrogens is 1. The maximum Gasteiger partial charge on any atom is 0.319 e. The van der Waals surface area contributed by atoms with Crippen LogP contribution in [0, 0.1) is 18.8 Å². The number of pyridine rings is 1. The van der Waals surface area contributed by atoms with E-state index < -0.39 is 0 Å². The minimum atomic E-state index is -0.190. The second-order valence-corrected chi connectivity index (χ2v) is 5.65. The van der Waals surface area contributed by atoms with Crippen molar-refractivity contribution in [3.8, 4) is 0 Å². The summed E-state index contributed by atoms with van der Waals surface area (Å²) in [6.45, 7) is 7.66. The minimum Gasteiger partial charge on any atom is -0.378 e. The molecular weight excluding hydrogens is 254 g/mol. The van der Waals surface area contributed by atoms with Crippen molar-refractivity contribution in [3.05, 3.63) is 24.0 Å². The second kappa shape index (κ2) is 6.70. The van der Waals surface area contributed by atoms with Crippen molar-refractivity contribution in [2.24, 2.45) is 11.8 Å². The number of anilines is 1. The summed E-state index contributed by atoms with van der Waals surface area (Å²) in [5, 5.41) is 5.70. The molecule has 1 aromatic heterocycles. The lowest BCUT2D eigenvalue weighted by molar-refractivity contribution is 0.0546. The first-order chi connectivity index (χ1) is 9.56. The second-order valence-electron chi connectivity index (χ2n) is 5.65. The molecule has 2 unspecified atom stereocenters. The standard InChI is InChI=1S/C15H23N3O2/c1-10(2)14-12(6-7-20-14)8-17-15(19)18-13-5-4-11(3)16-9-13/h4-5,9-10,12,14H,6-8H2,1-3H3,(H2,17,18,19). The van der Waals surface area contributed by atoms with Crippen LogP contribution in [0.4, 0.5) is 10.5 Å².